The van der Waals surface area contributed by atoms with Gasteiger partial charge in [0.2, 0.25) is 5.91 Å². The number of aliphatic hydroxyl groups excluding tert-OH is 1. The summed E-state index contributed by atoms with van der Waals surface area (Å²) in [7, 11) is 0. The molecule has 1 aliphatic heterocycles. The van der Waals surface area contributed by atoms with E-state index in [-0.39, 0.29) is 12.5 Å². The fourth-order valence-electron chi connectivity index (χ4n) is 2.01. The minimum Gasteiger partial charge on any atom is -0.384 e. The van der Waals surface area contributed by atoms with E-state index in [2.05, 4.69) is 11.8 Å². The number of rotatable bonds is 1. The molecule has 17 heavy (non-hydrogen) atoms. The SMILES string of the molecule is Cc1ccc(C#CCO)c(N2CCCC2=O)c1. The number of benzene rings is 1. The van der Waals surface area contributed by atoms with Crippen LogP contribution in [0.2, 0.25) is 0 Å². The maximum absolute atomic E-state index is 11.7. The van der Waals surface area contributed by atoms with Crippen molar-refractivity contribution in [2.45, 2.75) is 19.8 Å². The molecule has 3 heteroatoms. The van der Waals surface area contributed by atoms with Gasteiger partial charge in [-0.25, -0.2) is 0 Å². The quantitative estimate of drug-likeness (QED) is 0.741. The molecule has 1 saturated heterocycles. The third kappa shape index (κ3) is 2.48. The number of anilines is 1. The highest BCUT2D eigenvalue weighted by Crippen LogP contribution is 2.26. The number of aryl methyl sites for hydroxylation is 1. The Labute approximate surface area is 101 Å². The van der Waals surface area contributed by atoms with Crippen LogP contribution in [0.15, 0.2) is 18.2 Å². The lowest BCUT2D eigenvalue weighted by molar-refractivity contribution is -0.117. The second-order valence-corrected chi connectivity index (χ2v) is 4.13. The van der Waals surface area contributed by atoms with E-state index in [1.165, 1.54) is 0 Å². The normalized spacial score (nSPS) is 14.7. The van der Waals surface area contributed by atoms with Gasteiger partial charge in [-0.1, -0.05) is 17.9 Å². The first-order valence-electron chi connectivity index (χ1n) is 5.73. The minimum absolute atomic E-state index is 0.155. The van der Waals surface area contributed by atoms with Crippen LogP contribution in [0, 0.1) is 18.8 Å². The highest BCUT2D eigenvalue weighted by molar-refractivity contribution is 5.96. The predicted octanol–water partition coefficient (Wildman–Crippen LogP) is 1.47. The van der Waals surface area contributed by atoms with Crippen molar-refractivity contribution in [2.24, 2.45) is 0 Å². The molecule has 1 heterocycles. The van der Waals surface area contributed by atoms with Crippen molar-refractivity contribution in [3.63, 3.8) is 0 Å². The number of aliphatic hydroxyl groups is 1. The van der Waals surface area contributed by atoms with Crippen LogP contribution in [-0.4, -0.2) is 24.2 Å². The summed E-state index contributed by atoms with van der Waals surface area (Å²) in [6.45, 7) is 2.59. The van der Waals surface area contributed by atoms with Crippen molar-refractivity contribution in [3.05, 3.63) is 29.3 Å². The molecule has 1 N–H and O–H groups in total. The minimum atomic E-state index is -0.165. The Bertz CT molecular complexity index is 497. The van der Waals surface area contributed by atoms with E-state index in [1.54, 1.807) is 4.90 Å². The summed E-state index contributed by atoms with van der Waals surface area (Å²) < 4.78 is 0. The van der Waals surface area contributed by atoms with Crippen LogP contribution in [0.5, 0.6) is 0 Å². The molecule has 0 radical (unpaired) electrons. The predicted molar refractivity (Wildman–Crippen MR) is 66.7 cm³/mol. The van der Waals surface area contributed by atoms with E-state index < -0.39 is 0 Å². The molecule has 0 atom stereocenters. The van der Waals surface area contributed by atoms with Crippen LogP contribution in [0.25, 0.3) is 0 Å². The average molecular weight is 229 g/mol. The zero-order valence-electron chi connectivity index (χ0n) is 9.86. The molecule has 0 aromatic heterocycles. The Morgan fingerprint density at radius 3 is 2.94 bits per heavy atom. The molecule has 0 bridgehead atoms. The number of hydrogen-bond donors (Lipinski definition) is 1. The largest absolute Gasteiger partial charge is 0.384 e. The van der Waals surface area contributed by atoms with Crippen molar-refractivity contribution in [3.8, 4) is 11.8 Å². The summed E-state index contributed by atoms with van der Waals surface area (Å²) in [5, 5.41) is 8.74. The van der Waals surface area contributed by atoms with Gasteiger partial charge in [0.05, 0.1) is 5.69 Å². The highest BCUT2D eigenvalue weighted by atomic mass is 16.2. The van der Waals surface area contributed by atoms with Crippen LogP contribution in [-0.2, 0) is 4.79 Å². The summed E-state index contributed by atoms with van der Waals surface area (Å²) >= 11 is 0. The Kier molecular flexibility index (Phi) is 3.46. The van der Waals surface area contributed by atoms with Crippen LogP contribution in [0.3, 0.4) is 0 Å². The topological polar surface area (TPSA) is 40.5 Å². The molecule has 0 saturated carbocycles. The molecule has 1 aliphatic rings. The number of carbonyl (C=O) groups excluding carboxylic acids is 1. The lowest BCUT2D eigenvalue weighted by Gasteiger charge is -2.18. The molecule has 1 aromatic carbocycles. The second-order valence-electron chi connectivity index (χ2n) is 4.13. The maximum Gasteiger partial charge on any atom is 0.227 e. The molecule has 1 aromatic rings. The zero-order chi connectivity index (χ0) is 12.3. The molecule has 3 nitrogen and oxygen atoms in total. The molecule has 0 aliphatic carbocycles. The molecule has 88 valence electrons. The molecule has 1 amide bonds. The van der Waals surface area contributed by atoms with Crippen LogP contribution in [0.4, 0.5) is 5.69 Å². The van der Waals surface area contributed by atoms with Gasteiger partial charge < -0.3 is 10.0 Å². The number of nitrogens with zero attached hydrogens (tertiary/aromatic N) is 1. The molecule has 0 unspecified atom stereocenters. The number of amides is 1. The fourth-order valence-corrected chi connectivity index (χ4v) is 2.01. The fraction of sp³-hybridized carbons (Fsp3) is 0.357. The van der Waals surface area contributed by atoms with Gasteiger partial charge in [-0.05, 0) is 31.0 Å². The first kappa shape index (κ1) is 11.7. The lowest BCUT2D eigenvalue weighted by atomic mass is 10.1. The smallest absolute Gasteiger partial charge is 0.227 e. The second kappa shape index (κ2) is 5.03. The van der Waals surface area contributed by atoms with E-state index in [9.17, 15) is 4.79 Å². The van der Waals surface area contributed by atoms with E-state index >= 15 is 0 Å². The number of hydrogen-bond acceptors (Lipinski definition) is 2. The third-order valence-electron chi connectivity index (χ3n) is 2.82. The van der Waals surface area contributed by atoms with E-state index in [4.69, 9.17) is 5.11 Å². The van der Waals surface area contributed by atoms with Gasteiger partial charge in [0.25, 0.3) is 0 Å². The summed E-state index contributed by atoms with van der Waals surface area (Å²) in [4.78, 5) is 13.5. The standard InChI is InChI=1S/C14H15NO2/c1-11-6-7-12(4-3-9-16)13(10-11)15-8-2-5-14(15)17/h6-7,10,16H,2,5,8-9H2,1H3. The van der Waals surface area contributed by atoms with Crippen LogP contribution < -0.4 is 4.90 Å². The monoisotopic (exact) mass is 229 g/mol. The Balaban J connectivity index is 2.42. The van der Waals surface area contributed by atoms with Crippen molar-refractivity contribution in [1.29, 1.82) is 0 Å². The lowest BCUT2D eigenvalue weighted by Crippen LogP contribution is -2.24. The molecule has 0 spiro atoms. The Morgan fingerprint density at radius 2 is 2.29 bits per heavy atom. The summed E-state index contributed by atoms with van der Waals surface area (Å²) in [6.07, 6.45) is 1.51. The number of carbonyl (C=O) groups is 1. The van der Waals surface area contributed by atoms with Crippen molar-refractivity contribution in [2.75, 3.05) is 18.1 Å². The molecule has 1 fully saturated rings. The van der Waals surface area contributed by atoms with Gasteiger partial charge in [0.1, 0.15) is 6.61 Å². The van der Waals surface area contributed by atoms with Crippen LogP contribution >= 0.6 is 0 Å². The maximum atomic E-state index is 11.7. The van der Waals surface area contributed by atoms with E-state index in [0.29, 0.717) is 6.42 Å². The van der Waals surface area contributed by atoms with Gasteiger partial charge in [-0.15, -0.1) is 0 Å². The van der Waals surface area contributed by atoms with E-state index in [0.717, 1.165) is 29.8 Å². The van der Waals surface area contributed by atoms with Crippen molar-refractivity contribution < 1.29 is 9.90 Å². The Morgan fingerprint density at radius 1 is 1.47 bits per heavy atom. The van der Waals surface area contributed by atoms with Gasteiger partial charge in [-0.2, -0.15) is 0 Å². The van der Waals surface area contributed by atoms with Crippen molar-refractivity contribution >= 4 is 11.6 Å². The summed E-state index contributed by atoms with van der Waals surface area (Å²) in [6, 6.07) is 5.84. The first-order valence-corrected chi connectivity index (χ1v) is 5.73. The van der Waals surface area contributed by atoms with Gasteiger partial charge in [-0.3, -0.25) is 4.79 Å². The summed E-state index contributed by atoms with van der Waals surface area (Å²) in [5.74, 6) is 5.68. The highest BCUT2D eigenvalue weighted by Gasteiger charge is 2.23. The average Bonchev–Trinajstić information content (AvgIpc) is 2.74. The molecular weight excluding hydrogens is 214 g/mol. The van der Waals surface area contributed by atoms with Gasteiger partial charge in [0.15, 0.2) is 0 Å². The van der Waals surface area contributed by atoms with Gasteiger partial charge in [0, 0.05) is 18.5 Å². The first-order chi connectivity index (χ1) is 8.22. The van der Waals surface area contributed by atoms with Crippen molar-refractivity contribution in [1.82, 2.24) is 0 Å². The Hall–Kier alpha value is -1.79. The third-order valence-corrected chi connectivity index (χ3v) is 2.82. The van der Waals surface area contributed by atoms with Gasteiger partial charge >= 0.3 is 0 Å². The van der Waals surface area contributed by atoms with Crippen LogP contribution in [0.1, 0.15) is 24.0 Å². The van der Waals surface area contributed by atoms with E-state index in [1.807, 2.05) is 25.1 Å². The molecule has 2 rings (SSSR count). The molecular formula is C14H15NO2. The zero-order valence-corrected chi connectivity index (χ0v) is 9.86. The summed E-state index contributed by atoms with van der Waals surface area (Å²) in [5.41, 5.74) is 2.78.